The third kappa shape index (κ3) is 3.10. The van der Waals surface area contributed by atoms with Gasteiger partial charge in [0.15, 0.2) is 5.65 Å². The highest BCUT2D eigenvalue weighted by molar-refractivity contribution is 7.89. The van der Waals surface area contributed by atoms with Crippen molar-refractivity contribution in [3.63, 3.8) is 0 Å². The van der Waals surface area contributed by atoms with Gasteiger partial charge in [-0.2, -0.15) is 5.10 Å². The van der Waals surface area contributed by atoms with Gasteiger partial charge in [-0.15, -0.1) is 10.2 Å². The molecular formula is C11H15N5O3S. The number of sulfonamides is 1. The molecule has 0 aliphatic carbocycles. The summed E-state index contributed by atoms with van der Waals surface area (Å²) in [4.78, 5) is 11.5. The van der Waals surface area contributed by atoms with E-state index in [1.165, 1.54) is 6.33 Å². The first-order chi connectivity index (χ1) is 9.28. The first-order valence-corrected chi connectivity index (χ1v) is 7.84. The lowest BCUT2D eigenvalue weighted by molar-refractivity contribution is -0.119. The largest absolute Gasteiger partial charge is 0.274 e. The van der Waals surface area contributed by atoms with Gasteiger partial charge in [0.1, 0.15) is 6.33 Å². The molecule has 2 aromatic rings. The highest BCUT2D eigenvalue weighted by Gasteiger charge is 2.14. The minimum Gasteiger partial charge on any atom is -0.274 e. The van der Waals surface area contributed by atoms with Crippen molar-refractivity contribution in [1.82, 2.24) is 24.5 Å². The number of aryl methyl sites for hydroxylation is 2. The maximum Gasteiger partial charge on any atom is 0.233 e. The number of hydrogen-bond acceptors (Lipinski definition) is 6. The fourth-order valence-corrected chi connectivity index (χ4v) is 2.56. The van der Waals surface area contributed by atoms with Gasteiger partial charge in [0.25, 0.3) is 0 Å². The Balaban J connectivity index is 2.19. The van der Waals surface area contributed by atoms with Gasteiger partial charge in [0, 0.05) is 12.0 Å². The van der Waals surface area contributed by atoms with Gasteiger partial charge in [0.2, 0.25) is 15.9 Å². The molecule has 0 aliphatic rings. The Morgan fingerprint density at radius 1 is 1.40 bits per heavy atom. The number of hydrogen-bond donors (Lipinski definition) is 1. The molecular weight excluding hydrogens is 282 g/mol. The highest BCUT2D eigenvalue weighted by Crippen LogP contribution is 2.17. The topological polar surface area (TPSA) is 106 Å². The van der Waals surface area contributed by atoms with E-state index in [4.69, 9.17) is 0 Å². The van der Waals surface area contributed by atoms with Crippen LogP contribution in [0.5, 0.6) is 0 Å². The summed E-state index contributed by atoms with van der Waals surface area (Å²) in [5, 5.41) is 12.0. The number of fused-ring (bicyclic) bond motifs is 1. The van der Waals surface area contributed by atoms with Gasteiger partial charge in [0.05, 0.1) is 11.9 Å². The fourth-order valence-electron chi connectivity index (χ4n) is 2.04. The van der Waals surface area contributed by atoms with E-state index in [-0.39, 0.29) is 6.42 Å². The van der Waals surface area contributed by atoms with Crippen LogP contribution < -0.4 is 4.72 Å². The zero-order valence-electron chi connectivity index (χ0n) is 11.4. The summed E-state index contributed by atoms with van der Waals surface area (Å²) in [6.07, 6.45) is 2.93. The summed E-state index contributed by atoms with van der Waals surface area (Å²) in [5.41, 5.74) is 3.17. The van der Waals surface area contributed by atoms with Crippen molar-refractivity contribution in [1.29, 1.82) is 0 Å². The first kappa shape index (κ1) is 14.4. The van der Waals surface area contributed by atoms with E-state index in [2.05, 4.69) is 15.3 Å². The van der Waals surface area contributed by atoms with Crippen LogP contribution in [0, 0.1) is 13.8 Å². The van der Waals surface area contributed by atoms with Crippen LogP contribution in [0.25, 0.3) is 5.65 Å². The minimum absolute atomic E-state index is 0.0702. The Hall–Kier alpha value is -2.03. The summed E-state index contributed by atoms with van der Waals surface area (Å²) in [7, 11) is -3.52. The maximum atomic E-state index is 11.5. The molecule has 108 valence electrons. The Labute approximate surface area is 116 Å². The second-order valence-electron chi connectivity index (χ2n) is 4.59. The van der Waals surface area contributed by atoms with Crippen LogP contribution in [0.2, 0.25) is 0 Å². The molecule has 2 aromatic heterocycles. The Bertz CT molecular complexity index is 766. The highest BCUT2D eigenvalue weighted by atomic mass is 32.2. The van der Waals surface area contributed by atoms with Crippen LogP contribution in [0.1, 0.15) is 23.2 Å². The zero-order chi connectivity index (χ0) is 14.9. The van der Waals surface area contributed by atoms with Crippen LogP contribution >= 0.6 is 0 Å². The SMILES string of the molecule is Cc1nn2cnnc2c(C)c1CCC(=O)NS(C)(=O)=O. The van der Waals surface area contributed by atoms with E-state index >= 15 is 0 Å². The fraction of sp³-hybridized carbons (Fsp3) is 0.455. The van der Waals surface area contributed by atoms with Gasteiger partial charge < -0.3 is 0 Å². The van der Waals surface area contributed by atoms with E-state index < -0.39 is 15.9 Å². The van der Waals surface area contributed by atoms with Gasteiger partial charge in [-0.25, -0.2) is 12.9 Å². The smallest absolute Gasteiger partial charge is 0.233 e. The molecule has 2 heterocycles. The molecule has 1 amide bonds. The number of amides is 1. The average Bonchev–Trinajstić information content (AvgIpc) is 2.74. The van der Waals surface area contributed by atoms with Gasteiger partial charge in [-0.1, -0.05) is 0 Å². The number of carbonyl (C=O) groups excluding carboxylic acids is 1. The Kier molecular flexibility index (Phi) is 3.71. The number of aromatic nitrogens is 4. The number of nitrogens with one attached hydrogen (secondary N) is 1. The monoisotopic (exact) mass is 297 g/mol. The van der Waals surface area contributed by atoms with Crippen LogP contribution in [0.4, 0.5) is 0 Å². The lowest BCUT2D eigenvalue weighted by Crippen LogP contribution is -2.29. The molecule has 0 atom stereocenters. The minimum atomic E-state index is -3.52. The van der Waals surface area contributed by atoms with Gasteiger partial charge in [-0.05, 0) is 25.8 Å². The van der Waals surface area contributed by atoms with E-state index in [0.717, 1.165) is 23.1 Å². The molecule has 0 bridgehead atoms. The number of rotatable bonds is 4. The van der Waals surface area contributed by atoms with Crippen molar-refractivity contribution < 1.29 is 13.2 Å². The molecule has 0 radical (unpaired) electrons. The predicted molar refractivity (Wildman–Crippen MR) is 71.6 cm³/mol. The van der Waals surface area contributed by atoms with Crippen molar-refractivity contribution in [2.24, 2.45) is 0 Å². The standard InChI is InChI=1S/C11H15N5O3S/c1-7-9(4-5-10(17)15-20(3,18)19)8(2)14-16-6-12-13-11(7)16/h6H,4-5H2,1-3H3,(H,15,17). The lowest BCUT2D eigenvalue weighted by atomic mass is 10.0. The van der Waals surface area contributed by atoms with Crippen molar-refractivity contribution in [3.8, 4) is 0 Å². The third-order valence-electron chi connectivity index (χ3n) is 2.91. The summed E-state index contributed by atoms with van der Waals surface area (Å²) >= 11 is 0. The third-order valence-corrected chi connectivity index (χ3v) is 3.51. The number of carbonyl (C=O) groups is 1. The summed E-state index contributed by atoms with van der Waals surface area (Å²) in [6, 6.07) is 0. The Morgan fingerprint density at radius 3 is 2.75 bits per heavy atom. The summed E-state index contributed by atoms with van der Waals surface area (Å²) < 4.78 is 25.4. The van der Waals surface area contributed by atoms with Crippen molar-refractivity contribution in [2.75, 3.05) is 6.26 Å². The quantitative estimate of drug-likeness (QED) is 0.834. The summed E-state index contributed by atoms with van der Waals surface area (Å²) in [5.74, 6) is -0.535. The van der Waals surface area contributed by atoms with Gasteiger partial charge >= 0.3 is 0 Å². The molecule has 1 N–H and O–H groups in total. The second kappa shape index (κ2) is 5.16. The molecule has 0 spiro atoms. The van der Waals surface area contributed by atoms with Crippen molar-refractivity contribution in [3.05, 3.63) is 23.1 Å². The van der Waals surface area contributed by atoms with E-state index in [1.54, 1.807) is 4.52 Å². The first-order valence-electron chi connectivity index (χ1n) is 5.94. The maximum absolute atomic E-state index is 11.5. The molecule has 0 saturated carbocycles. The molecule has 9 heteroatoms. The molecule has 0 aliphatic heterocycles. The van der Waals surface area contributed by atoms with Crippen molar-refractivity contribution >= 4 is 21.6 Å². The predicted octanol–water partition coefficient (Wildman–Crippen LogP) is -0.250. The van der Waals surface area contributed by atoms with E-state index in [1.807, 2.05) is 18.6 Å². The molecule has 0 saturated heterocycles. The van der Waals surface area contributed by atoms with Crippen LogP contribution in [0.15, 0.2) is 6.33 Å². The molecule has 8 nitrogen and oxygen atoms in total. The zero-order valence-corrected chi connectivity index (χ0v) is 12.2. The summed E-state index contributed by atoms with van der Waals surface area (Å²) in [6.45, 7) is 3.71. The molecule has 0 unspecified atom stereocenters. The second-order valence-corrected chi connectivity index (χ2v) is 6.33. The molecule has 20 heavy (non-hydrogen) atoms. The molecule has 0 aromatic carbocycles. The lowest BCUT2D eigenvalue weighted by Gasteiger charge is -2.09. The average molecular weight is 297 g/mol. The van der Waals surface area contributed by atoms with Crippen LogP contribution in [-0.2, 0) is 21.2 Å². The van der Waals surface area contributed by atoms with E-state index in [9.17, 15) is 13.2 Å². The van der Waals surface area contributed by atoms with Crippen molar-refractivity contribution in [2.45, 2.75) is 26.7 Å². The molecule has 0 fully saturated rings. The normalized spacial score (nSPS) is 11.8. The van der Waals surface area contributed by atoms with Crippen LogP contribution in [0.3, 0.4) is 0 Å². The number of nitrogens with zero attached hydrogens (tertiary/aromatic N) is 4. The van der Waals surface area contributed by atoms with E-state index in [0.29, 0.717) is 12.1 Å². The van der Waals surface area contributed by atoms with Gasteiger partial charge in [-0.3, -0.25) is 9.52 Å². The Morgan fingerprint density at radius 2 is 2.10 bits per heavy atom. The molecule has 2 rings (SSSR count). The van der Waals surface area contributed by atoms with Crippen LogP contribution in [-0.4, -0.2) is 40.4 Å².